The van der Waals surface area contributed by atoms with Crippen LogP contribution in [0.2, 0.25) is 0 Å². The lowest BCUT2D eigenvalue weighted by Crippen LogP contribution is -2.11. The fourth-order valence-electron chi connectivity index (χ4n) is 1.53. The Labute approximate surface area is 127 Å². The summed E-state index contributed by atoms with van der Waals surface area (Å²) in [5.41, 5.74) is 0.969. The van der Waals surface area contributed by atoms with E-state index < -0.39 is 5.97 Å². The van der Waals surface area contributed by atoms with Gasteiger partial charge in [0, 0.05) is 15.8 Å². The number of rotatable bonds is 6. The summed E-state index contributed by atoms with van der Waals surface area (Å²) in [5, 5.41) is 20.2. The zero-order valence-corrected chi connectivity index (χ0v) is 12.9. The van der Waals surface area contributed by atoms with Gasteiger partial charge in [0.25, 0.3) is 0 Å². The molecule has 2 rings (SSSR count). The predicted octanol–water partition coefficient (Wildman–Crippen LogP) is 1.82. The summed E-state index contributed by atoms with van der Waals surface area (Å²) >= 11 is 4.75. The number of carboxylic acid groups (broad SMARTS) is 1. The summed E-state index contributed by atoms with van der Waals surface area (Å²) in [5.74, 6) is 0.347. The van der Waals surface area contributed by atoms with Gasteiger partial charge in [-0.15, -0.1) is 5.10 Å². The van der Waals surface area contributed by atoms with E-state index in [1.807, 2.05) is 18.2 Å². The van der Waals surface area contributed by atoms with Gasteiger partial charge >= 0.3 is 5.97 Å². The molecule has 0 aliphatic heterocycles. The molecule has 0 bridgehead atoms. The molecule has 0 amide bonds. The van der Waals surface area contributed by atoms with Gasteiger partial charge in [-0.25, -0.2) is 4.68 Å². The van der Waals surface area contributed by atoms with Gasteiger partial charge in [0.15, 0.2) is 0 Å². The number of tetrazole rings is 1. The summed E-state index contributed by atoms with van der Waals surface area (Å²) in [6.45, 7) is -0.259. The first-order chi connectivity index (χ1) is 9.60. The topological polar surface area (TPSA) is 90.1 Å². The van der Waals surface area contributed by atoms with Crippen LogP contribution in [-0.2, 0) is 17.1 Å². The molecule has 1 aromatic heterocycles. The SMILES string of the molecule is COc1ccc(Br)cc1CSc1nnnn1CC(=O)O. The molecule has 7 nitrogen and oxygen atoms in total. The Kier molecular flexibility index (Phi) is 4.96. The number of hydrogen-bond donors (Lipinski definition) is 1. The van der Waals surface area contributed by atoms with Crippen molar-refractivity contribution in [1.29, 1.82) is 0 Å². The van der Waals surface area contributed by atoms with Crippen LogP contribution in [0.15, 0.2) is 27.8 Å². The third kappa shape index (κ3) is 3.70. The van der Waals surface area contributed by atoms with Crippen LogP contribution in [0.1, 0.15) is 5.56 Å². The maximum atomic E-state index is 10.7. The van der Waals surface area contributed by atoms with Gasteiger partial charge in [-0.3, -0.25) is 4.79 Å². The van der Waals surface area contributed by atoms with Gasteiger partial charge in [0.2, 0.25) is 5.16 Å². The summed E-state index contributed by atoms with van der Waals surface area (Å²) < 4.78 is 7.47. The van der Waals surface area contributed by atoms with Gasteiger partial charge in [-0.1, -0.05) is 27.7 Å². The number of carbonyl (C=O) groups is 1. The Balaban J connectivity index is 2.11. The molecule has 0 atom stereocenters. The molecule has 2 aromatic rings. The molecule has 0 aliphatic carbocycles. The van der Waals surface area contributed by atoms with Crippen LogP contribution in [0.25, 0.3) is 0 Å². The molecule has 0 unspecified atom stereocenters. The molecule has 20 heavy (non-hydrogen) atoms. The van der Waals surface area contributed by atoms with Gasteiger partial charge < -0.3 is 9.84 Å². The molecule has 0 saturated heterocycles. The van der Waals surface area contributed by atoms with Gasteiger partial charge in [0.1, 0.15) is 12.3 Å². The van der Waals surface area contributed by atoms with Crippen LogP contribution in [0, 0.1) is 0 Å². The molecule has 0 aliphatic rings. The molecule has 9 heteroatoms. The maximum Gasteiger partial charge on any atom is 0.325 e. The quantitative estimate of drug-likeness (QED) is 0.787. The number of halogens is 1. The van der Waals surface area contributed by atoms with Crippen LogP contribution >= 0.6 is 27.7 Å². The fourth-order valence-corrected chi connectivity index (χ4v) is 2.79. The van der Waals surface area contributed by atoms with Crippen molar-refractivity contribution in [3.05, 3.63) is 28.2 Å². The lowest BCUT2D eigenvalue weighted by Gasteiger charge is -2.08. The highest BCUT2D eigenvalue weighted by molar-refractivity contribution is 9.10. The number of nitrogens with zero attached hydrogens (tertiary/aromatic N) is 4. The zero-order valence-electron chi connectivity index (χ0n) is 10.5. The molecule has 1 heterocycles. The second-order valence-electron chi connectivity index (χ2n) is 3.76. The summed E-state index contributed by atoms with van der Waals surface area (Å²) in [4.78, 5) is 10.7. The van der Waals surface area contributed by atoms with E-state index in [2.05, 4.69) is 31.5 Å². The van der Waals surface area contributed by atoms with Crippen LogP contribution in [-0.4, -0.2) is 38.4 Å². The Hall–Kier alpha value is -1.61. The molecule has 1 N–H and O–H groups in total. The summed E-state index contributed by atoms with van der Waals surface area (Å²) in [6, 6.07) is 5.69. The van der Waals surface area contributed by atoms with Crippen molar-refractivity contribution in [2.45, 2.75) is 17.5 Å². The first-order valence-corrected chi connectivity index (χ1v) is 7.31. The van der Waals surface area contributed by atoms with Crippen molar-refractivity contribution >= 4 is 33.7 Å². The average molecular weight is 359 g/mol. The van der Waals surface area contributed by atoms with Gasteiger partial charge in [0.05, 0.1) is 7.11 Å². The third-order valence-electron chi connectivity index (χ3n) is 2.38. The van der Waals surface area contributed by atoms with Crippen LogP contribution in [0.3, 0.4) is 0 Å². The Bertz CT molecular complexity index is 619. The van der Waals surface area contributed by atoms with Gasteiger partial charge in [-0.2, -0.15) is 0 Å². The normalized spacial score (nSPS) is 10.5. The number of aromatic nitrogens is 4. The fraction of sp³-hybridized carbons (Fsp3) is 0.273. The minimum absolute atomic E-state index is 0.259. The van der Waals surface area contributed by atoms with E-state index in [-0.39, 0.29) is 6.54 Å². The first kappa shape index (κ1) is 14.8. The average Bonchev–Trinajstić information content (AvgIpc) is 2.83. The highest BCUT2D eigenvalue weighted by atomic mass is 79.9. The van der Waals surface area contributed by atoms with Crippen LogP contribution in [0.4, 0.5) is 0 Å². The standard InChI is InChI=1S/C11H11BrN4O3S/c1-19-9-3-2-8(12)4-7(9)6-20-11-13-14-15-16(11)5-10(17)18/h2-4H,5-6H2,1H3,(H,17,18). The largest absolute Gasteiger partial charge is 0.496 e. The molecule has 0 radical (unpaired) electrons. The van der Waals surface area contributed by atoms with Crippen molar-refractivity contribution in [1.82, 2.24) is 20.2 Å². The number of methoxy groups -OCH3 is 1. The molecular formula is C11H11BrN4O3S. The molecule has 0 saturated carbocycles. The number of carboxylic acids is 1. The van der Waals surface area contributed by atoms with Crippen molar-refractivity contribution in [3.8, 4) is 5.75 Å². The number of aliphatic carboxylic acids is 1. The lowest BCUT2D eigenvalue weighted by atomic mass is 10.2. The number of benzene rings is 1. The van der Waals surface area contributed by atoms with E-state index in [9.17, 15) is 4.79 Å². The zero-order chi connectivity index (χ0) is 14.5. The van der Waals surface area contributed by atoms with Crippen molar-refractivity contribution in [3.63, 3.8) is 0 Å². The Morgan fingerprint density at radius 1 is 1.55 bits per heavy atom. The van der Waals surface area contributed by atoms with Crippen LogP contribution in [0.5, 0.6) is 5.75 Å². The summed E-state index contributed by atoms with van der Waals surface area (Å²) in [7, 11) is 1.60. The van der Waals surface area contributed by atoms with E-state index in [4.69, 9.17) is 9.84 Å². The molecule has 106 valence electrons. The second kappa shape index (κ2) is 6.71. The van der Waals surface area contributed by atoms with E-state index in [0.29, 0.717) is 10.9 Å². The lowest BCUT2D eigenvalue weighted by molar-refractivity contribution is -0.138. The Morgan fingerprint density at radius 3 is 3.05 bits per heavy atom. The molecule has 0 spiro atoms. The van der Waals surface area contributed by atoms with Crippen molar-refractivity contribution in [2.75, 3.05) is 7.11 Å². The smallest absolute Gasteiger partial charge is 0.325 e. The predicted molar refractivity (Wildman–Crippen MR) is 75.7 cm³/mol. The monoisotopic (exact) mass is 358 g/mol. The second-order valence-corrected chi connectivity index (χ2v) is 5.62. The van der Waals surface area contributed by atoms with Crippen molar-refractivity contribution < 1.29 is 14.6 Å². The maximum absolute atomic E-state index is 10.7. The molecular weight excluding hydrogens is 348 g/mol. The molecule has 1 aromatic carbocycles. The summed E-state index contributed by atoms with van der Waals surface area (Å²) in [6.07, 6.45) is 0. The highest BCUT2D eigenvalue weighted by Gasteiger charge is 2.12. The van der Waals surface area contributed by atoms with E-state index in [0.717, 1.165) is 15.8 Å². The Morgan fingerprint density at radius 2 is 2.35 bits per heavy atom. The van der Waals surface area contributed by atoms with E-state index in [1.165, 1.54) is 16.4 Å². The first-order valence-electron chi connectivity index (χ1n) is 5.53. The van der Waals surface area contributed by atoms with Crippen LogP contribution < -0.4 is 4.74 Å². The number of ether oxygens (including phenoxy) is 1. The third-order valence-corrected chi connectivity index (χ3v) is 3.88. The van der Waals surface area contributed by atoms with E-state index in [1.54, 1.807) is 7.11 Å². The number of thioether (sulfide) groups is 1. The minimum atomic E-state index is -0.987. The molecule has 0 fully saturated rings. The minimum Gasteiger partial charge on any atom is -0.496 e. The van der Waals surface area contributed by atoms with Gasteiger partial charge in [-0.05, 0) is 28.6 Å². The highest BCUT2D eigenvalue weighted by Crippen LogP contribution is 2.29. The van der Waals surface area contributed by atoms with Crippen molar-refractivity contribution in [2.24, 2.45) is 0 Å². The van der Waals surface area contributed by atoms with E-state index >= 15 is 0 Å². The number of hydrogen-bond acceptors (Lipinski definition) is 6.